The summed E-state index contributed by atoms with van der Waals surface area (Å²) in [7, 11) is 0. The van der Waals surface area contributed by atoms with Gasteiger partial charge in [-0.25, -0.2) is 0 Å². The third-order valence-electron chi connectivity index (χ3n) is 5.80. The molecule has 0 bridgehead atoms. The van der Waals surface area contributed by atoms with Gasteiger partial charge in [-0.2, -0.15) is 0 Å². The van der Waals surface area contributed by atoms with Crippen LogP contribution in [0.5, 0.6) is 5.75 Å². The summed E-state index contributed by atoms with van der Waals surface area (Å²) in [6.07, 6.45) is 1.01. The van der Waals surface area contributed by atoms with Gasteiger partial charge in [-0.05, 0) is 47.5 Å². The van der Waals surface area contributed by atoms with Crippen molar-refractivity contribution in [3.8, 4) is 5.75 Å². The quantitative estimate of drug-likeness (QED) is 0.367. The molecule has 1 aliphatic heterocycles. The average molecular weight is 482 g/mol. The van der Waals surface area contributed by atoms with Crippen LogP contribution in [0.15, 0.2) is 78.9 Å². The number of benzene rings is 3. The molecule has 2 atom stereocenters. The monoisotopic (exact) mass is 481 g/mol. The van der Waals surface area contributed by atoms with E-state index in [1.165, 1.54) is 5.56 Å². The lowest BCUT2D eigenvalue weighted by molar-refractivity contribution is -0.00477. The normalized spacial score (nSPS) is 18.1. The Morgan fingerprint density at radius 2 is 1.56 bits per heavy atom. The molecule has 2 unspecified atom stereocenters. The first-order chi connectivity index (χ1) is 16.7. The minimum Gasteiger partial charge on any atom is -0.494 e. The highest BCUT2D eigenvalue weighted by Crippen LogP contribution is 2.25. The standard InChI is InChI=1S/C28H32ClNO4/c29-24-9-7-23(8-10-24)21-34-28-17-26(31)18-30(19-28)25-11-13-27(14-12-25)33-16-4-15-32-20-22-5-2-1-3-6-22/h1-3,5-14,26,28,31H,4,15-21H2. The Hall–Kier alpha value is -2.57. The smallest absolute Gasteiger partial charge is 0.119 e. The summed E-state index contributed by atoms with van der Waals surface area (Å²) in [5, 5.41) is 11.1. The van der Waals surface area contributed by atoms with Crippen LogP contribution in [0.3, 0.4) is 0 Å². The summed E-state index contributed by atoms with van der Waals surface area (Å²) in [5.74, 6) is 0.833. The van der Waals surface area contributed by atoms with Crippen molar-refractivity contribution in [2.24, 2.45) is 0 Å². The fraction of sp³-hybridized carbons (Fsp3) is 0.357. The highest BCUT2D eigenvalue weighted by molar-refractivity contribution is 6.30. The van der Waals surface area contributed by atoms with E-state index in [0.29, 0.717) is 44.4 Å². The molecule has 0 aromatic heterocycles. The van der Waals surface area contributed by atoms with Crippen molar-refractivity contribution in [2.45, 2.75) is 38.3 Å². The van der Waals surface area contributed by atoms with Gasteiger partial charge in [0.2, 0.25) is 0 Å². The van der Waals surface area contributed by atoms with Gasteiger partial charge in [0.05, 0.1) is 38.6 Å². The first kappa shape index (κ1) is 24.6. The number of piperidine rings is 1. The fourth-order valence-electron chi connectivity index (χ4n) is 4.02. The maximum Gasteiger partial charge on any atom is 0.119 e. The van der Waals surface area contributed by atoms with Gasteiger partial charge in [0.25, 0.3) is 0 Å². The Morgan fingerprint density at radius 3 is 2.32 bits per heavy atom. The number of halogens is 1. The number of hydrogen-bond donors (Lipinski definition) is 1. The van der Waals surface area contributed by atoms with Crippen LogP contribution in [-0.2, 0) is 22.7 Å². The van der Waals surface area contributed by atoms with Crippen molar-refractivity contribution < 1.29 is 19.3 Å². The molecule has 4 rings (SSSR count). The number of nitrogens with zero attached hydrogens (tertiary/aromatic N) is 1. The summed E-state index contributed by atoms with van der Waals surface area (Å²) in [6.45, 7) is 3.74. The number of β-amino-alcohol motifs (C(OH)–C–C–N with tert-alkyl or cyclic N) is 1. The molecule has 1 heterocycles. The number of hydrogen-bond acceptors (Lipinski definition) is 5. The van der Waals surface area contributed by atoms with E-state index < -0.39 is 6.10 Å². The molecule has 6 heteroatoms. The van der Waals surface area contributed by atoms with Gasteiger partial charge in [0.1, 0.15) is 5.75 Å². The molecule has 180 valence electrons. The number of rotatable bonds is 11. The molecule has 0 amide bonds. The molecule has 1 fully saturated rings. The summed E-state index contributed by atoms with van der Waals surface area (Å²) in [4.78, 5) is 2.17. The van der Waals surface area contributed by atoms with Gasteiger partial charge >= 0.3 is 0 Å². The lowest BCUT2D eigenvalue weighted by atomic mass is 10.0. The zero-order chi connectivity index (χ0) is 23.6. The SMILES string of the molecule is OC1CC(OCc2ccc(Cl)cc2)CN(c2ccc(OCCCOCc3ccccc3)cc2)C1. The number of aliphatic hydroxyl groups excluding tert-OH is 1. The van der Waals surface area contributed by atoms with E-state index in [9.17, 15) is 5.11 Å². The third-order valence-corrected chi connectivity index (χ3v) is 6.06. The highest BCUT2D eigenvalue weighted by Gasteiger charge is 2.26. The predicted molar refractivity (Wildman–Crippen MR) is 136 cm³/mol. The van der Waals surface area contributed by atoms with Gasteiger partial charge in [0, 0.05) is 36.6 Å². The minimum absolute atomic E-state index is 0.0359. The maximum absolute atomic E-state index is 10.4. The minimum atomic E-state index is -0.421. The van der Waals surface area contributed by atoms with Gasteiger partial charge in [0.15, 0.2) is 0 Å². The summed E-state index contributed by atoms with van der Waals surface area (Å²) >= 11 is 5.95. The Kier molecular flexibility index (Phi) is 9.22. The Balaban J connectivity index is 1.18. The van der Waals surface area contributed by atoms with E-state index in [2.05, 4.69) is 17.0 Å². The van der Waals surface area contributed by atoms with Gasteiger partial charge in [-0.3, -0.25) is 0 Å². The van der Waals surface area contributed by atoms with Crippen LogP contribution in [0.1, 0.15) is 24.0 Å². The summed E-state index contributed by atoms with van der Waals surface area (Å²) in [6, 6.07) is 25.9. The number of ether oxygens (including phenoxy) is 3. The van der Waals surface area contributed by atoms with E-state index in [1.807, 2.05) is 66.7 Å². The first-order valence-corrected chi connectivity index (χ1v) is 12.2. The Bertz CT molecular complexity index is 982. The molecule has 0 radical (unpaired) electrons. The molecular weight excluding hydrogens is 450 g/mol. The van der Waals surface area contributed by atoms with Crippen LogP contribution in [0.25, 0.3) is 0 Å². The number of anilines is 1. The van der Waals surface area contributed by atoms with Crippen LogP contribution >= 0.6 is 11.6 Å². The van der Waals surface area contributed by atoms with Crippen LogP contribution in [0, 0.1) is 0 Å². The lowest BCUT2D eigenvalue weighted by Crippen LogP contribution is -2.46. The van der Waals surface area contributed by atoms with Gasteiger partial charge in [-0.15, -0.1) is 0 Å². The van der Waals surface area contributed by atoms with Crippen LogP contribution in [-0.4, -0.2) is 43.6 Å². The van der Waals surface area contributed by atoms with Crippen molar-refractivity contribution in [3.05, 3.63) is 95.0 Å². The van der Waals surface area contributed by atoms with E-state index in [4.69, 9.17) is 25.8 Å². The molecule has 1 saturated heterocycles. The fourth-order valence-corrected chi connectivity index (χ4v) is 4.15. The maximum atomic E-state index is 10.4. The Labute approximate surface area is 206 Å². The van der Waals surface area contributed by atoms with E-state index in [-0.39, 0.29) is 6.10 Å². The zero-order valence-corrected chi connectivity index (χ0v) is 20.1. The molecule has 3 aromatic rings. The van der Waals surface area contributed by atoms with E-state index >= 15 is 0 Å². The lowest BCUT2D eigenvalue weighted by Gasteiger charge is -2.37. The second-order valence-electron chi connectivity index (χ2n) is 8.59. The topological polar surface area (TPSA) is 51.2 Å². The first-order valence-electron chi connectivity index (χ1n) is 11.8. The molecule has 1 aliphatic rings. The number of aliphatic hydroxyl groups is 1. The largest absolute Gasteiger partial charge is 0.494 e. The summed E-state index contributed by atoms with van der Waals surface area (Å²) in [5.41, 5.74) is 3.31. The van der Waals surface area contributed by atoms with Crippen molar-refractivity contribution >= 4 is 17.3 Å². The molecule has 5 nitrogen and oxygen atoms in total. The second-order valence-corrected chi connectivity index (χ2v) is 9.02. The molecule has 34 heavy (non-hydrogen) atoms. The summed E-state index contributed by atoms with van der Waals surface area (Å²) < 4.78 is 17.6. The van der Waals surface area contributed by atoms with E-state index in [0.717, 1.165) is 30.0 Å². The molecular formula is C28H32ClNO4. The third kappa shape index (κ3) is 7.74. The average Bonchev–Trinajstić information content (AvgIpc) is 2.86. The molecule has 0 saturated carbocycles. The van der Waals surface area contributed by atoms with Crippen LogP contribution in [0.4, 0.5) is 5.69 Å². The van der Waals surface area contributed by atoms with Gasteiger partial charge in [-0.1, -0.05) is 54.1 Å². The molecule has 3 aromatic carbocycles. The van der Waals surface area contributed by atoms with Gasteiger partial charge < -0.3 is 24.2 Å². The Morgan fingerprint density at radius 1 is 0.824 bits per heavy atom. The van der Waals surface area contributed by atoms with E-state index in [1.54, 1.807) is 0 Å². The zero-order valence-electron chi connectivity index (χ0n) is 19.3. The van der Waals surface area contributed by atoms with Crippen molar-refractivity contribution in [2.75, 3.05) is 31.2 Å². The van der Waals surface area contributed by atoms with Crippen molar-refractivity contribution in [1.29, 1.82) is 0 Å². The highest BCUT2D eigenvalue weighted by atomic mass is 35.5. The molecule has 1 N–H and O–H groups in total. The van der Waals surface area contributed by atoms with Crippen LogP contribution < -0.4 is 9.64 Å². The van der Waals surface area contributed by atoms with Crippen molar-refractivity contribution in [1.82, 2.24) is 0 Å². The molecule has 0 spiro atoms. The molecule has 0 aliphatic carbocycles. The van der Waals surface area contributed by atoms with Crippen LogP contribution in [0.2, 0.25) is 5.02 Å². The van der Waals surface area contributed by atoms with Crippen molar-refractivity contribution in [3.63, 3.8) is 0 Å². The predicted octanol–water partition coefficient (Wildman–Crippen LogP) is 5.48. The second kappa shape index (κ2) is 12.8.